The zero-order chi connectivity index (χ0) is 17.4. The number of non-ortho nitro benzene ring substituents is 1. The molecule has 0 unspecified atom stereocenters. The Balaban J connectivity index is 2.06. The normalized spacial score (nSPS) is 14.8. The van der Waals surface area contributed by atoms with Gasteiger partial charge in [-0.2, -0.15) is 0 Å². The molecule has 120 valence electrons. The number of phenolic OH excluding ortho intramolecular Hbond substituents is 1. The van der Waals surface area contributed by atoms with Crippen LogP contribution in [0, 0.1) is 10.1 Å². The van der Waals surface area contributed by atoms with E-state index in [2.05, 4.69) is 0 Å². The molecule has 2 aromatic carbocycles. The molecule has 0 aromatic heterocycles. The van der Waals surface area contributed by atoms with Crippen LogP contribution in [0.15, 0.2) is 42.0 Å². The Kier molecular flexibility index (Phi) is 3.61. The predicted octanol–water partition coefficient (Wildman–Crippen LogP) is 2.77. The summed E-state index contributed by atoms with van der Waals surface area (Å²) in [7, 11) is 1.38. The van der Waals surface area contributed by atoms with Crippen molar-refractivity contribution in [1.82, 2.24) is 0 Å². The maximum atomic E-state index is 12.4. The van der Waals surface area contributed by atoms with E-state index in [9.17, 15) is 24.8 Å². The van der Waals surface area contributed by atoms with Gasteiger partial charge in [0.25, 0.3) is 5.69 Å². The largest absolute Gasteiger partial charge is 0.504 e. The van der Waals surface area contributed by atoms with E-state index in [0.29, 0.717) is 5.56 Å². The van der Waals surface area contributed by atoms with Crippen molar-refractivity contribution in [2.45, 2.75) is 0 Å². The van der Waals surface area contributed by atoms with Crippen LogP contribution in [0.3, 0.4) is 0 Å². The summed E-state index contributed by atoms with van der Waals surface area (Å²) in [6.07, 6.45) is 1.37. The maximum Gasteiger partial charge on any atom is 0.270 e. The molecule has 0 atom stereocenters. The second-order valence-electron chi connectivity index (χ2n) is 5.13. The molecular formula is C17H11NO6. The molecule has 0 fully saturated rings. The van der Waals surface area contributed by atoms with Crippen LogP contribution < -0.4 is 4.74 Å². The molecule has 7 heteroatoms. The van der Waals surface area contributed by atoms with Gasteiger partial charge in [-0.15, -0.1) is 0 Å². The minimum Gasteiger partial charge on any atom is -0.504 e. The lowest BCUT2D eigenvalue weighted by Gasteiger charge is -2.04. The molecule has 0 bridgehead atoms. The first-order valence-electron chi connectivity index (χ1n) is 6.89. The number of carbonyl (C=O) groups is 2. The average Bonchev–Trinajstić information content (AvgIpc) is 2.81. The number of aromatic hydroxyl groups is 1. The number of hydrogen-bond donors (Lipinski definition) is 1. The number of ether oxygens (including phenoxy) is 1. The summed E-state index contributed by atoms with van der Waals surface area (Å²) in [5, 5.41) is 20.4. The Labute approximate surface area is 136 Å². The lowest BCUT2D eigenvalue weighted by Crippen LogP contribution is -2.00. The van der Waals surface area contributed by atoms with Crippen LogP contribution in [0.25, 0.3) is 6.08 Å². The van der Waals surface area contributed by atoms with Crippen molar-refractivity contribution in [3.8, 4) is 11.5 Å². The number of nitro benzene ring substituents is 1. The van der Waals surface area contributed by atoms with Gasteiger partial charge in [-0.3, -0.25) is 19.7 Å². The van der Waals surface area contributed by atoms with E-state index in [1.807, 2.05) is 0 Å². The fourth-order valence-electron chi connectivity index (χ4n) is 2.51. The van der Waals surface area contributed by atoms with E-state index >= 15 is 0 Å². The smallest absolute Gasteiger partial charge is 0.270 e. The standard InChI is InChI=1S/C17H11NO6/c1-24-15-7-9(2-5-14(15)19)6-13-16(20)11-4-3-10(18(22)23)8-12(11)17(13)21/h2-8,19H,1H3. The van der Waals surface area contributed by atoms with Crippen molar-refractivity contribution in [3.05, 3.63) is 68.8 Å². The minimum absolute atomic E-state index is 0.0196. The van der Waals surface area contributed by atoms with Gasteiger partial charge in [0.2, 0.25) is 0 Å². The molecule has 1 aliphatic carbocycles. The highest BCUT2D eigenvalue weighted by molar-refractivity contribution is 6.41. The molecule has 0 spiro atoms. The van der Waals surface area contributed by atoms with Crippen molar-refractivity contribution in [2.24, 2.45) is 0 Å². The van der Waals surface area contributed by atoms with Crippen molar-refractivity contribution in [1.29, 1.82) is 0 Å². The van der Waals surface area contributed by atoms with Crippen molar-refractivity contribution in [2.75, 3.05) is 7.11 Å². The number of nitrogens with zero attached hydrogens (tertiary/aromatic N) is 1. The van der Waals surface area contributed by atoms with Gasteiger partial charge in [-0.25, -0.2) is 0 Å². The Morgan fingerprint density at radius 1 is 1.08 bits per heavy atom. The first kappa shape index (κ1) is 15.4. The van der Waals surface area contributed by atoms with E-state index in [-0.39, 0.29) is 33.9 Å². The predicted molar refractivity (Wildman–Crippen MR) is 84.4 cm³/mol. The van der Waals surface area contributed by atoms with Crippen LogP contribution in [0.1, 0.15) is 26.3 Å². The number of Topliss-reactive ketones (excluding diaryl/α,β-unsaturated/α-hetero) is 2. The molecular weight excluding hydrogens is 314 g/mol. The molecule has 1 aliphatic rings. The van der Waals surface area contributed by atoms with Gasteiger partial charge in [0.15, 0.2) is 23.1 Å². The van der Waals surface area contributed by atoms with Crippen LogP contribution in [0.4, 0.5) is 5.69 Å². The minimum atomic E-state index is -0.620. The first-order valence-corrected chi connectivity index (χ1v) is 6.89. The lowest BCUT2D eigenvalue weighted by atomic mass is 10.1. The van der Waals surface area contributed by atoms with Crippen LogP contribution in [0.2, 0.25) is 0 Å². The summed E-state index contributed by atoms with van der Waals surface area (Å²) in [4.78, 5) is 35.0. The number of phenols is 1. The highest BCUT2D eigenvalue weighted by Gasteiger charge is 2.34. The number of benzene rings is 2. The summed E-state index contributed by atoms with van der Waals surface area (Å²) in [6, 6.07) is 7.97. The van der Waals surface area contributed by atoms with Crippen LogP contribution >= 0.6 is 0 Å². The van der Waals surface area contributed by atoms with Crippen LogP contribution in [-0.2, 0) is 0 Å². The van der Waals surface area contributed by atoms with Crippen molar-refractivity contribution >= 4 is 23.3 Å². The van der Waals surface area contributed by atoms with Gasteiger partial charge in [0, 0.05) is 23.3 Å². The van der Waals surface area contributed by atoms with Gasteiger partial charge in [0.1, 0.15) is 0 Å². The number of carbonyl (C=O) groups excluding carboxylic acids is 2. The van der Waals surface area contributed by atoms with E-state index in [0.717, 1.165) is 6.07 Å². The van der Waals surface area contributed by atoms with Crippen LogP contribution in [0.5, 0.6) is 11.5 Å². The number of allylic oxidation sites excluding steroid dienone is 1. The number of methoxy groups -OCH3 is 1. The zero-order valence-electron chi connectivity index (χ0n) is 12.5. The third-order valence-electron chi connectivity index (χ3n) is 3.71. The van der Waals surface area contributed by atoms with E-state index < -0.39 is 16.5 Å². The fraction of sp³-hybridized carbons (Fsp3) is 0.0588. The van der Waals surface area contributed by atoms with Crippen molar-refractivity contribution < 1.29 is 24.4 Å². The zero-order valence-corrected chi connectivity index (χ0v) is 12.5. The topological polar surface area (TPSA) is 107 Å². The second-order valence-corrected chi connectivity index (χ2v) is 5.13. The lowest BCUT2D eigenvalue weighted by molar-refractivity contribution is -0.384. The number of hydrogen-bond acceptors (Lipinski definition) is 6. The summed E-state index contributed by atoms with van der Waals surface area (Å²) >= 11 is 0. The molecule has 0 aliphatic heterocycles. The quantitative estimate of drug-likeness (QED) is 0.402. The van der Waals surface area contributed by atoms with Gasteiger partial charge < -0.3 is 9.84 Å². The Hall–Kier alpha value is -3.48. The number of ketones is 2. The van der Waals surface area contributed by atoms with Gasteiger partial charge in [-0.05, 0) is 29.8 Å². The van der Waals surface area contributed by atoms with E-state index in [4.69, 9.17) is 4.74 Å². The third-order valence-corrected chi connectivity index (χ3v) is 3.71. The van der Waals surface area contributed by atoms with E-state index in [1.165, 1.54) is 43.5 Å². The summed E-state index contributed by atoms with van der Waals surface area (Å²) in [5.41, 5.74) is 0.318. The molecule has 0 heterocycles. The first-order chi connectivity index (χ1) is 11.4. The molecule has 3 rings (SSSR count). The van der Waals surface area contributed by atoms with Crippen LogP contribution in [-0.4, -0.2) is 28.7 Å². The molecule has 0 saturated heterocycles. The molecule has 2 aromatic rings. The number of fused-ring (bicyclic) bond motifs is 1. The Morgan fingerprint density at radius 3 is 2.46 bits per heavy atom. The Bertz CT molecular complexity index is 929. The second kappa shape index (κ2) is 5.62. The fourth-order valence-corrected chi connectivity index (χ4v) is 2.51. The average molecular weight is 325 g/mol. The third kappa shape index (κ3) is 2.41. The monoisotopic (exact) mass is 325 g/mol. The molecule has 1 N–H and O–H groups in total. The van der Waals surface area contributed by atoms with E-state index in [1.54, 1.807) is 0 Å². The number of rotatable bonds is 3. The highest BCUT2D eigenvalue weighted by atomic mass is 16.6. The molecule has 0 radical (unpaired) electrons. The molecule has 0 saturated carbocycles. The highest BCUT2D eigenvalue weighted by Crippen LogP contribution is 2.32. The summed E-state index contributed by atoms with van der Waals surface area (Å²) in [6.45, 7) is 0. The molecule has 24 heavy (non-hydrogen) atoms. The molecule has 0 amide bonds. The number of nitro groups is 1. The molecule has 7 nitrogen and oxygen atoms in total. The van der Waals surface area contributed by atoms with Gasteiger partial charge in [0.05, 0.1) is 17.6 Å². The summed E-state index contributed by atoms with van der Waals surface area (Å²) < 4.78 is 4.98. The summed E-state index contributed by atoms with van der Waals surface area (Å²) in [5.74, 6) is -0.916. The van der Waals surface area contributed by atoms with Gasteiger partial charge >= 0.3 is 0 Å². The Morgan fingerprint density at radius 2 is 1.79 bits per heavy atom. The van der Waals surface area contributed by atoms with Gasteiger partial charge in [-0.1, -0.05) is 6.07 Å². The van der Waals surface area contributed by atoms with Crippen molar-refractivity contribution in [3.63, 3.8) is 0 Å². The maximum absolute atomic E-state index is 12.4. The SMILES string of the molecule is COc1cc(C=C2C(=O)c3ccc([N+](=O)[O-])cc3C2=O)ccc1O.